The van der Waals surface area contributed by atoms with Gasteiger partial charge < -0.3 is 32.2 Å². The Hall–Kier alpha value is -2.76. The summed E-state index contributed by atoms with van der Waals surface area (Å²) in [6, 6.07) is 4.47. The van der Waals surface area contributed by atoms with Gasteiger partial charge in [0.15, 0.2) is 0 Å². The number of carboxylic acids is 1. The van der Waals surface area contributed by atoms with E-state index in [9.17, 15) is 23.7 Å². The van der Waals surface area contributed by atoms with Crippen LogP contribution >= 0.6 is 0 Å². The van der Waals surface area contributed by atoms with Crippen molar-refractivity contribution >= 4 is 39.5 Å². The zero-order valence-electron chi connectivity index (χ0n) is 18.7. The molecule has 0 radical (unpaired) electrons. The number of unbranched alkanes of at least 4 members (excludes halogenated alkanes) is 1. The van der Waals surface area contributed by atoms with Crippen LogP contribution in [-0.4, -0.2) is 68.8 Å². The molecular weight excluding hydrogens is 446 g/mol. The lowest BCUT2D eigenvalue weighted by Gasteiger charge is -2.23. The molecule has 2 amide bonds. The lowest BCUT2D eigenvalue weighted by atomic mass is 10.0. The SMILES string of the molecule is CS(=O)CCC(N)C(=O)NC(Cc1c[nH]c2ccccc12)C(=O)NC(CCCCN)C(=O)O. The van der Waals surface area contributed by atoms with Gasteiger partial charge in [-0.15, -0.1) is 0 Å². The van der Waals surface area contributed by atoms with E-state index in [0.29, 0.717) is 19.4 Å². The van der Waals surface area contributed by atoms with E-state index < -0.39 is 46.7 Å². The van der Waals surface area contributed by atoms with Crippen molar-refractivity contribution in [2.75, 3.05) is 18.6 Å². The van der Waals surface area contributed by atoms with Crippen LogP contribution in [0, 0.1) is 0 Å². The molecule has 0 spiro atoms. The second kappa shape index (κ2) is 13.1. The summed E-state index contributed by atoms with van der Waals surface area (Å²) in [6.45, 7) is 0.431. The minimum atomic E-state index is -1.15. The number of amides is 2. The second-order valence-electron chi connectivity index (χ2n) is 7.98. The number of aromatic nitrogens is 1. The molecule has 4 unspecified atom stereocenters. The van der Waals surface area contributed by atoms with Crippen molar-refractivity contribution in [3.8, 4) is 0 Å². The van der Waals surface area contributed by atoms with Crippen molar-refractivity contribution in [3.05, 3.63) is 36.0 Å². The van der Waals surface area contributed by atoms with E-state index in [0.717, 1.165) is 16.5 Å². The van der Waals surface area contributed by atoms with Gasteiger partial charge in [-0.2, -0.15) is 0 Å². The standard InChI is InChI=1S/C22H33N5O5S/c1-33(32)11-9-16(24)20(28)27-19(12-14-13-25-17-7-3-2-6-15(14)17)21(29)26-18(22(30)31)8-4-5-10-23/h2-3,6-7,13,16,18-19,25H,4-5,8-12,23-24H2,1H3,(H,26,29)(H,27,28)(H,30,31). The zero-order chi connectivity index (χ0) is 24.4. The molecule has 8 N–H and O–H groups in total. The van der Waals surface area contributed by atoms with Crippen LogP contribution in [0.15, 0.2) is 30.5 Å². The number of aliphatic carboxylic acids is 1. The minimum absolute atomic E-state index is 0.142. The molecule has 1 aromatic heterocycles. The summed E-state index contributed by atoms with van der Waals surface area (Å²) in [4.78, 5) is 40.5. The molecule has 0 saturated heterocycles. The van der Waals surface area contributed by atoms with Crippen molar-refractivity contribution in [2.45, 2.75) is 50.2 Å². The number of para-hydroxylation sites is 1. The molecule has 0 aliphatic carbocycles. The van der Waals surface area contributed by atoms with Gasteiger partial charge in [-0.3, -0.25) is 13.8 Å². The van der Waals surface area contributed by atoms with Crippen molar-refractivity contribution in [1.29, 1.82) is 0 Å². The van der Waals surface area contributed by atoms with Crippen LogP contribution in [0.1, 0.15) is 31.2 Å². The van der Waals surface area contributed by atoms with Gasteiger partial charge in [-0.25, -0.2) is 4.79 Å². The van der Waals surface area contributed by atoms with Gasteiger partial charge in [0.05, 0.1) is 6.04 Å². The van der Waals surface area contributed by atoms with Gasteiger partial charge in [-0.05, 0) is 43.9 Å². The molecule has 2 aromatic rings. The first-order valence-corrected chi connectivity index (χ1v) is 12.6. The third-order valence-corrected chi connectivity index (χ3v) is 6.16. The Morgan fingerprint density at radius 2 is 1.79 bits per heavy atom. The Kier molecular flexibility index (Phi) is 10.5. The van der Waals surface area contributed by atoms with Crippen molar-refractivity contribution in [2.24, 2.45) is 11.5 Å². The third-order valence-electron chi connectivity index (χ3n) is 5.35. The Morgan fingerprint density at radius 3 is 2.45 bits per heavy atom. The maximum absolute atomic E-state index is 13.1. The van der Waals surface area contributed by atoms with Crippen LogP contribution < -0.4 is 22.1 Å². The Bertz CT molecular complexity index is 979. The first-order chi connectivity index (χ1) is 15.7. The number of benzene rings is 1. The van der Waals surface area contributed by atoms with E-state index in [1.54, 1.807) is 6.20 Å². The molecule has 0 saturated carbocycles. The topological polar surface area (TPSA) is 180 Å². The van der Waals surface area contributed by atoms with Crippen LogP contribution in [0.4, 0.5) is 0 Å². The van der Waals surface area contributed by atoms with Crippen LogP contribution in [0.5, 0.6) is 0 Å². The summed E-state index contributed by atoms with van der Waals surface area (Å²) in [5, 5.41) is 15.6. The molecular formula is C22H33N5O5S. The van der Waals surface area contributed by atoms with Gasteiger partial charge in [-0.1, -0.05) is 18.2 Å². The molecule has 182 valence electrons. The molecule has 0 bridgehead atoms. The zero-order valence-corrected chi connectivity index (χ0v) is 19.5. The van der Waals surface area contributed by atoms with E-state index in [2.05, 4.69) is 15.6 Å². The average molecular weight is 480 g/mol. The Morgan fingerprint density at radius 1 is 1.09 bits per heavy atom. The largest absolute Gasteiger partial charge is 0.480 e. The maximum Gasteiger partial charge on any atom is 0.326 e. The number of fused-ring (bicyclic) bond motifs is 1. The number of nitrogens with one attached hydrogen (secondary N) is 3. The summed E-state index contributed by atoms with van der Waals surface area (Å²) in [5.74, 6) is -2.06. The number of carboxylic acid groups (broad SMARTS) is 1. The summed E-state index contributed by atoms with van der Waals surface area (Å²) >= 11 is 0. The van der Waals surface area contributed by atoms with Gasteiger partial charge in [0, 0.05) is 46.3 Å². The summed E-state index contributed by atoms with van der Waals surface area (Å²) < 4.78 is 11.3. The van der Waals surface area contributed by atoms with E-state index in [1.807, 2.05) is 24.3 Å². The Labute approximate surface area is 195 Å². The normalized spacial score (nSPS) is 14.9. The molecule has 10 nitrogen and oxygen atoms in total. The van der Waals surface area contributed by atoms with Crippen LogP contribution in [0.3, 0.4) is 0 Å². The number of aromatic amines is 1. The van der Waals surface area contributed by atoms with Gasteiger partial charge in [0.2, 0.25) is 11.8 Å². The summed E-state index contributed by atoms with van der Waals surface area (Å²) in [7, 11) is -1.10. The number of rotatable bonds is 14. The smallest absolute Gasteiger partial charge is 0.326 e. The van der Waals surface area contributed by atoms with E-state index in [1.165, 1.54) is 6.26 Å². The number of H-pyrrole nitrogens is 1. The van der Waals surface area contributed by atoms with E-state index in [-0.39, 0.29) is 25.0 Å². The van der Waals surface area contributed by atoms with Crippen molar-refractivity contribution < 1.29 is 23.7 Å². The maximum atomic E-state index is 13.1. The van der Waals surface area contributed by atoms with Gasteiger partial charge in [0.25, 0.3) is 0 Å². The highest BCUT2D eigenvalue weighted by Gasteiger charge is 2.28. The summed E-state index contributed by atoms with van der Waals surface area (Å²) in [5.41, 5.74) is 13.1. The molecule has 0 aliphatic rings. The fourth-order valence-corrected chi connectivity index (χ4v) is 4.04. The number of nitrogens with two attached hydrogens (primary N) is 2. The van der Waals surface area contributed by atoms with Gasteiger partial charge in [0.1, 0.15) is 12.1 Å². The number of hydrogen-bond donors (Lipinski definition) is 6. The predicted octanol–water partition coefficient (Wildman–Crippen LogP) is -0.0105. The van der Waals surface area contributed by atoms with Crippen LogP contribution in [0.2, 0.25) is 0 Å². The highest BCUT2D eigenvalue weighted by molar-refractivity contribution is 7.84. The van der Waals surface area contributed by atoms with Crippen molar-refractivity contribution in [3.63, 3.8) is 0 Å². The minimum Gasteiger partial charge on any atom is -0.480 e. The predicted molar refractivity (Wildman–Crippen MR) is 128 cm³/mol. The molecule has 4 atom stereocenters. The Balaban J connectivity index is 2.19. The quantitative estimate of drug-likeness (QED) is 0.206. The fourth-order valence-electron chi connectivity index (χ4n) is 3.45. The number of carbonyl (C=O) groups excluding carboxylic acids is 2. The number of hydrogen-bond acceptors (Lipinski definition) is 6. The molecule has 2 rings (SSSR count). The monoisotopic (exact) mass is 479 g/mol. The third kappa shape index (κ3) is 8.26. The molecule has 11 heteroatoms. The average Bonchev–Trinajstić information content (AvgIpc) is 3.18. The second-order valence-corrected chi connectivity index (χ2v) is 9.54. The van der Waals surface area contributed by atoms with E-state index >= 15 is 0 Å². The molecule has 0 aliphatic heterocycles. The molecule has 0 fully saturated rings. The first kappa shape index (κ1) is 26.5. The summed E-state index contributed by atoms with van der Waals surface area (Å²) in [6.07, 6.45) is 5.04. The molecule has 1 aromatic carbocycles. The molecule has 33 heavy (non-hydrogen) atoms. The number of carbonyl (C=O) groups is 3. The highest BCUT2D eigenvalue weighted by atomic mass is 32.2. The lowest BCUT2D eigenvalue weighted by molar-refractivity contribution is -0.142. The first-order valence-electron chi connectivity index (χ1n) is 10.9. The van der Waals surface area contributed by atoms with Gasteiger partial charge >= 0.3 is 5.97 Å². The van der Waals surface area contributed by atoms with Crippen LogP contribution in [0.25, 0.3) is 10.9 Å². The fraction of sp³-hybridized carbons (Fsp3) is 0.500. The van der Waals surface area contributed by atoms with E-state index in [4.69, 9.17) is 11.5 Å². The highest BCUT2D eigenvalue weighted by Crippen LogP contribution is 2.19. The van der Waals surface area contributed by atoms with Crippen LogP contribution in [-0.2, 0) is 31.6 Å². The molecule has 1 heterocycles. The lowest BCUT2D eigenvalue weighted by Crippen LogP contribution is -2.55. The van der Waals surface area contributed by atoms with Crippen molar-refractivity contribution in [1.82, 2.24) is 15.6 Å².